The van der Waals surface area contributed by atoms with Crippen LogP contribution in [0.3, 0.4) is 0 Å². The average Bonchev–Trinajstić information content (AvgIpc) is 2.62. The van der Waals surface area contributed by atoms with E-state index in [0.29, 0.717) is 18.1 Å². The smallest absolute Gasteiger partial charge is 0.119 e. The Hall–Kier alpha value is -2.78. The number of benzene rings is 2. The first-order valence-electron chi connectivity index (χ1n) is 8.26. The van der Waals surface area contributed by atoms with E-state index in [9.17, 15) is 5.26 Å². The maximum absolute atomic E-state index is 9.37. The Bertz CT molecular complexity index is 736. The molecule has 2 aromatic carbocycles. The highest BCUT2D eigenvalue weighted by atomic mass is 16.5. The summed E-state index contributed by atoms with van der Waals surface area (Å²) in [5.74, 6) is 1.17. The highest BCUT2D eigenvalue weighted by Gasteiger charge is 2.11. The molecular weight excluding hydrogens is 296 g/mol. The number of hydrogen-bond donors (Lipinski definition) is 0. The molecule has 0 aliphatic rings. The topological polar surface area (TPSA) is 56.8 Å². The normalized spacial score (nSPS) is 11.5. The van der Waals surface area contributed by atoms with Crippen LogP contribution in [0.5, 0.6) is 5.75 Å². The Kier molecular flexibility index (Phi) is 6.41. The van der Waals surface area contributed by atoms with Crippen LogP contribution in [0.4, 0.5) is 0 Å². The van der Waals surface area contributed by atoms with E-state index in [4.69, 9.17) is 10.00 Å². The zero-order chi connectivity index (χ0) is 17.4. The molecule has 3 nitrogen and oxygen atoms in total. The van der Waals surface area contributed by atoms with Gasteiger partial charge in [-0.25, -0.2) is 0 Å². The van der Waals surface area contributed by atoms with Gasteiger partial charge in [-0.3, -0.25) is 0 Å². The lowest BCUT2D eigenvalue weighted by Gasteiger charge is -2.11. The second kappa shape index (κ2) is 8.75. The molecule has 0 saturated heterocycles. The summed E-state index contributed by atoms with van der Waals surface area (Å²) in [4.78, 5) is 0. The molecule has 0 saturated carbocycles. The maximum atomic E-state index is 9.37. The van der Waals surface area contributed by atoms with E-state index in [-0.39, 0.29) is 5.92 Å². The summed E-state index contributed by atoms with van der Waals surface area (Å²) in [6.45, 7) is 4.91. The average molecular weight is 318 g/mol. The quantitative estimate of drug-likeness (QED) is 0.663. The molecular formula is C21H22N2O. The summed E-state index contributed by atoms with van der Waals surface area (Å²) >= 11 is 0. The van der Waals surface area contributed by atoms with Crippen molar-refractivity contribution in [1.82, 2.24) is 0 Å². The minimum atomic E-state index is -0.204. The molecule has 0 aliphatic carbocycles. The highest BCUT2D eigenvalue weighted by molar-refractivity contribution is 5.36. The molecule has 0 N–H and O–H groups in total. The van der Waals surface area contributed by atoms with E-state index in [2.05, 4.69) is 38.1 Å². The molecule has 1 atom stereocenters. The Morgan fingerprint density at radius 2 is 1.75 bits per heavy atom. The Balaban J connectivity index is 1.84. The number of ether oxygens (including phenoxy) is 1. The van der Waals surface area contributed by atoms with Gasteiger partial charge in [-0.1, -0.05) is 38.1 Å². The first-order chi connectivity index (χ1) is 11.6. The summed E-state index contributed by atoms with van der Waals surface area (Å²) < 4.78 is 5.75. The molecule has 0 heterocycles. The van der Waals surface area contributed by atoms with Crippen molar-refractivity contribution in [2.45, 2.75) is 38.5 Å². The molecule has 1 unspecified atom stereocenters. The molecule has 0 fully saturated rings. The van der Waals surface area contributed by atoms with Crippen LogP contribution in [0.2, 0.25) is 0 Å². The lowest BCUT2D eigenvalue weighted by Crippen LogP contribution is -2.02. The summed E-state index contributed by atoms with van der Waals surface area (Å²) in [6.07, 6.45) is 1.51. The Morgan fingerprint density at radius 3 is 2.38 bits per heavy atom. The van der Waals surface area contributed by atoms with Gasteiger partial charge in [-0.2, -0.15) is 10.5 Å². The van der Waals surface area contributed by atoms with Crippen LogP contribution in [0, 0.1) is 22.7 Å². The van der Waals surface area contributed by atoms with E-state index < -0.39 is 0 Å². The minimum Gasteiger partial charge on any atom is -0.494 e. The van der Waals surface area contributed by atoms with Gasteiger partial charge in [-0.15, -0.1) is 0 Å². The third kappa shape index (κ3) is 4.86. The van der Waals surface area contributed by atoms with Crippen molar-refractivity contribution in [1.29, 1.82) is 10.5 Å². The van der Waals surface area contributed by atoms with Gasteiger partial charge < -0.3 is 4.74 Å². The Morgan fingerprint density at radius 1 is 1.00 bits per heavy atom. The monoisotopic (exact) mass is 318 g/mol. The zero-order valence-electron chi connectivity index (χ0n) is 14.2. The van der Waals surface area contributed by atoms with Crippen LogP contribution in [0.1, 0.15) is 55.2 Å². The maximum Gasteiger partial charge on any atom is 0.119 e. The zero-order valence-corrected chi connectivity index (χ0v) is 14.2. The molecule has 2 aromatic rings. The van der Waals surface area contributed by atoms with Crippen LogP contribution in [-0.4, -0.2) is 6.61 Å². The minimum absolute atomic E-state index is 0.204. The summed E-state index contributed by atoms with van der Waals surface area (Å²) in [7, 11) is 0. The number of nitrogens with zero attached hydrogens (tertiary/aromatic N) is 2. The third-order valence-corrected chi connectivity index (χ3v) is 4.03. The number of hydrogen-bond acceptors (Lipinski definition) is 3. The van der Waals surface area contributed by atoms with Crippen LogP contribution in [-0.2, 0) is 0 Å². The van der Waals surface area contributed by atoms with E-state index in [1.807, 2.05) is 24.3 Å². The highest BCUT2D eigenvalue weighted by Crippen LogP contribution is 2.22. The van der Waals surface area contributed by atoms with E-state index in [0.717, 1.165) is 24.2 Å². The molecule has 0 aromatic heterocycles. The molecule has 0 radical (unpaired) electrons. The molecule has 2 rings (SSSR count). The summed E-state index contributed by atoms with van der Waals surface area (Å²) in [6, 6.07) is 19.9. The van der Waals surface area contributed by atoms with Crippen LogP contribution in [0.15, 0.2) is 48.5 Å². The van der Waals surface area contributed by atoms with Crippen molar-refractivity contribution in [2.24, 2.45) is 0 Å². The van der Waals surface area contributed by atoms with E-state index in [1.165, 1.54) is 5.56 Å². The molecule has 122 valence electrons. The largest absolute Gasteiger partial charge is 0.494 e. The van der Waals surface area contributed by atoms with Gasteiger partial charge >= 0.3 is 0 Å². The first-order valence-corrected chi connectivity index (χ1v) is 8.26. The molecule has 3 heteroatoms. The number of rotatable bonds is 7. The molecule has 0 aliphatic heterocycles. The lowest BCUT2D eigenvalue weighted by molar-refractivity contribution is 0.305. The van der Waals surface area contributed by atoms with E-state index >= 15 is 0 Å². The second-order valence-corrected chi connectivity index (χ2v) is 6.13. The predicted octanol–water partition coefficient (Wildman–Crippen LogP) is 5.15. The van der Waals surface area contributed by atoms with Gasteiger partial charge in [0, 0.05) is 0 Å². The van der Waals surface area contributed by atoms with Crippen molar-refractivity contribution in [2.75, 3.05) is 6.61 Å². The van der Waals surface area contributed by atoms with Crippen molar-refractivity contribution in [3.05, 3.63) is 65.2 Å². The molecule has 0 amide bonds. The van der Waals surface area contributed by atoms with Gasteiger partial charge in [0.2, 0.25) is 0 Å². The van der Waals surface area contributed by atoms with Gasteiger partial charge in [0.15, 0.2) is 0 Å². The fourth-order valence-corrected chi connectivity index (χ4v) is 2.56. The summed E-state index contributed by atoms with van der Waals surface area (Å²) in [5, 5.41) is 18.3. The molecule has 24 heavy (non-hydrogen) atoms. The standard InChI is InChI=1S/C21H22N2O/c1-16(2)18-8-10-21(11-9-18)24-12-4-7-20(15-23)19-6-3-5-17(13-19)14-22/h3,5-6,8-11,13,16,20H,4,7,12H2,1-2H3. The lowest BCUT2D eigenvalue weighted by atomic mass is 9.94. The van der Waals surface area contributed by atoms with Crippen molar-refractivity contribution in [3.63, 3.8) is 0 Å². The van der Waals surface area contributed by atoms with Crippen LogP contribution >= 0.6 is 0 Å². The van der Waals surface area contributed by atoms with Gasteiger partial charge in [0.05, 0.1) is 30.2 Å². The van der Waals surface area contributed by atoms with E-state index in [1.54, 1.807) is 12.1 Å². The fraction of sp³-hybridized carbons (Fsp3) is 0.333. The van der Waals surface area contributed by atoms with Gasteiger partial charge in [0.1, 0.15) is 5.75 Å². The molecule has 0 bridgehead atoms. The van der Waals surface area contributed by atoms with Gasteiger partial charge in [-0.05, 0) is 54.2 Å². The second-order valence-electron chi connectivity index (χ2n) is 6.13. The number of nitriles is 2. The van der Waals surface area contributed by atoms with Crippen molar-refractivity contribution < 1.29 is 4.74 Å². The van der Waals surface area contributed by atoms with Crippen molar-refractivity contribution in [3.8, 4) is 17.9 Å². The third-order valence-electron chi connectivity index (χ3n) is 4.03. The van der Waals surface area contributed by atoms with Crippen LogP contribution in [0.25, 0.3) is 0 Å². The SMILES string of the molecule is CC(C)c1ccc(OCCCC(C#N)c2cccc(C#N)c2)cc1. The van der Waals surface area contributed by atoms with Gasteiger partial charge in [0.25, 0.3) is 0 Å². The fourth-order valence-electron chi connectivity index (χ4n) is 2.56. The predicted molar refractivity (Wildman–Crippen MR) is 94.8 cm³/mol. The molecule has 0 spiro atoms. The van der Waals surface area contributed by atoms with Crippen LogP contribution < -0.4 is 4.74 Å². The van der Waals surface area contributed by atoms with Crippen molar-refractivity contribution >= 4 is 0 Å². The summed E-state index contributed by atoms with van der Waals surface area (Å²) in [5.41, 5.74) is 2.79. The first kappa shape index (κ1) is 17.6. The Labute approximate surface area is 144 Å².